The van der Waals surface area contributed by atoms with Crippen molar-refractivity contribution in [2.24, 2.45) is 5.92 Å². The van der Waals surface area contributed by atoms with Gasteiger partial charge in [-0.25, -0.2) is 4.39 Å². The molecule has 2 unspecified atom stereocenters. The average Bonchev–Trinajstić information content (AvgIpc) is 2.33. The van der Waals surface area contributed by atoms with E-state index < -0.39 is 11.7 Å². The first-order chi connectivity index (χ1) is 8.51. The van der Waals surface area contributed by atoms with E-state index in [1.807, 2.05) is 19.9 Å². The smallest absolute Gasteiger partial charge is 0.154 e. The van der Waals surface area contributed by atoms with E-state index in [0.29, 0.717) is 0 Å². The second kappa shape index (κ2) is 6.51. The van der Waals surface area contributed by atoms with Crippen LogP contribution in [-0.4, -0.2) is 5.78 Å². The van der Waals surface area contributed by atoms with Gasteiger partial charge in [0.25, 0.3) is 0 Å². The van der Waals surface area contributed by atoms with E-state index in [1.165, 1.54) is 18.2 Å². The summed E-state index contributed by atoms with van der Waals surface area (Å²) >= 11 is 5.87. The highest BCUT2D eigenvalue weighted by Gasteiger charge is 2.26. The van der Waals surface area contributed by atoms with Crippen LogP contribution >= 0.6 is 11.6 Å². The molecule has 0 saturated carbocycles. The Morgan fingerprint density at radius 1 is 1.56 bits per heavy atom. The van der Waals surface area contributed by atoms with E-state index in [2.05, 4.69) is 0 Å². The maximum atomic E-state index is 13.7. The van der Waals surface area contributed by atoms with E-state index in [4.69, 9.17) is 16.9 Å². The highest BCUT2D eigenvalue weighted by atomic mass is 35.5. The van der Waals surface area contributed by atoms with Crippen molar-refractivity contribution in [3.8, 4) is 6.07 Å². The average molecular weight is 268 g/mol. The number of Topliss-reactive ketones (excluding diaryl/α,β-unsaturated/α-hetero) is 1. The Hall–Kier alpha value is -1.40. The highest BCUT2D eigenvalue weighted by Crippen LogP contribution is 2.29. The topological polar surface area (TPSA) is 40.9 Å². The molecule has 1 aromatic carbocycles. The van der Waals surface area contributed by atoms with Gasteiger partial charge in [-0.3, -0.25) is 4.79 Å². The first-order valence-corrected chi connectivity index (χ1v) is 6.25. The number of hydrogen-bond acceptors (Lipinski definition) is 2. The fourth-order valence-electron chi connectivity index (χ4n) is 1.69. The summed E-state index contributed by atoms with van der Waals surface area (Å²) in [7, 11) is 0. The molecule has 0 fully saturated rings. The van der Waals surface area contributed by atoms with Crippen LogP contribution in [0.1, 0.15) is 38.2 Å². The molecule has 0 heterocycles. The second-order valence-corrected chi connectivity index (χ2v) is 4.79. The maximum absolute atomic E-state index is 13.7. The molecule has 1 aromatic rings. The molecule has 18 heavy (non-hydrogen) atoms. The Kier molecular flexibility index (Phi) is 5.30. The first kappa shape index (κ1) is 14.7. The molecule has 1 rings (SSSR count). The molecule has 96 valence electrons. The van der Waals surface area contributed by atoms with Gasteiger partial charge in [0.05, 0.1) is 6.07 Å². The maximum Gasteiger partial charge on any atom is 0.154 e. The molecular formula is C14H15ClFNO. The molecular weight excluding hydrogens is 253 g/mol. The summed E-state index contributed by atoms with van der Waals surface area (Å²) in [6.07, 6.45) is 1.11. The van der Waals surface area contributed by atoms with Gasteiger partial charge in [-0.05, 0) is 18.1 Å². The number of hydrogen-bond donors (Lipinski definition) is 0. The molecule has 0 aromatic heterocycles. The zero-order valence-corrected chi connectivity index (χ0v) is 11.2. The number of carbonyl (C=O) groups is 1. The number of halogens is 2. The van der Waals surface area contributed by atoms with Gasteiger partial charge in [0.15, 0.2) is 5.78 Å². The molecule has 0 radical (unpaired) electrons. The molecule has 0 spiro atoms. The fraction of sp³-hybridized carbons (Fsp3) is 0.429. The number of benzene rings is 1. The van der Waals surface area contributed by atoms with Crippen LogP contribution in [0.25, 0.3) is 0 Å². The van der Waals surface area contributed by atoms with Gasteiger partial charge in [0.2, 0.25) is 0 Å². The Morgan fingerprint density at radius 2 is 2.22 bits per heavy atom. The van der Waals surface area contributed by atoms with Crippen molar-refractivity contribution in [2.75, 3.05) is 0 Å². The fourth-order valence-corrected chi connectivity index (χ4v) is 1.96. The number of nitriles is 1. The van der Waals surface area contributed by atoms with Crippen molar-refractivity contribution in [1.82, 2.24) is 0 Å². The molecule has 0 bridgehead atoms. The largest absolute Gasteiger partial charge is 0.298 e. The minimum atomic E-state index is -1.12. The van der Waals surface area contributed by atoms with Crippen LogP contribution in [-0.2, 0) is 4.79 Å². The van der Waals surface area contributed by atoms with Crippen LogP contribution in [0, 0.1) is 23.1 Å². The zero-order chi connectivity index (χ0) is 13.7. The quantitative estimate of drug-likeness (QED) is 0.806. The van der Waals surface area contributed by atoms with Crippen LogP contribution in [0.5, 0.6) is 0 Å². The molecule has 0 aliphatic heterocycles. The third-order valence-electron chi connectivity index (χ3n) is 2.99. The van der Waals surface area contributed by atoms with Gasteiger partial charge in [-0.2, -0.15) is 5.26 Å². The number of carbonyl (C=O) groups excluding carboxylic acids is 1. The summed E-state index contributed by atoms with van der Waals surface area (Å²) in [5, 5.41) is 9.21. The lowest BCUT2D eigenvalue weighted by molar-refractivity contribution is -0.120. The van der Waals surface area contributed by atoms with Crippen molar-refractivity contribution in [3.05, 3.63) is 34.6 Å². The van der Waals surface area contributed by atoms with Gasteiger partial charge in [-0.15, -0.1) is 0 Å². The minimum absolute atomic E-state index is 0.00466. The summed E-state index contributed by atoms with van der Waals surface area (Å²) in [6, 6.07) is 6.01. The van der Waals surface area contributed by atoms with E-state index in [1.54, 1.807) is 0 Å². The lowest BCUT2D eigenvalue weighted by Gasteiger charge is -2.13. The normalized spacial score (nSPS) is 13.7. The molecule has 2 atom stereocenters. The van der Waals surface area contributed by atoms with E-state index in [-0.39, 0.29) is 28.7 Å². The van der Waals surface area contributed by atoms with E-state index in [0.717, 1.165) is 6.42 Å². The van der Waals surface area contributed by atoms with Crippen LogP contribution in [0.3, 0.4) is 0 Å². The number of ketones is 1. The van der Waals surface area contributed by atoms with Crippen molar-refractivity contribution >= 4 is 17.4 Å². The lowest BCUT2D eigenvalue weighted by Crippen LogP contribution is -2.15. The predicted octanol–water partition coefficient (Wildman–Crippen LogP) is 4.09. The molecule has 0 N–H and O–H groups in total. The summed E-state index contributed by atoms with van der Waals surface area (Å²) in [6.45, 7) is 3.89. The summed E-state index contributed by atoms with van der Waals surface area (Å²) in [5.41, 5.74) is -0.00466. The van der Waals surface area contributed by atoms with E-state index >= 15 is 0 Å². The van der Waals surface area contributed by atoms with Crippen LogP contribution < -0.4 is 0 Å². The van der Waals surface area contributed by atoms with Gasteiger partial charge >= 0.3 is 0 Å². The Labute approximate surface area is 111 Å². The van der Waals surface area contributed by atoms with Gasteiger partial charge < -0.3 is 0 Å². The lowest BCUT2D eigenvalue weighted by atomic mass is 9.89. The van der Waals surface area contributed by atoms with Crippen LogP contribution in [0.2, 0.25) is 5.02 Å². The highest BCUT2D eigenvalue weighted by molar-refractivity contribution is 6.31. The van der Waals surface area contributed by atoms with Crippen molar-refractivity contribution < 1.29 is 9.18 Å². The van der Waals surface area contributed by atoms with Crippen LogP contribution in [0.4, 0.5) is 4.39 Å². The summed E-state index contributed by atoms with van der Waals surface area (Å²) < 4.78 is 13.7. The molecule has 0 aliphatic rings. The van der Waals surface area contributed by atoms with Gasteiger partial charge in [0, 0.05) is 17.0 Å². The summed E-state index contributed by atoms with van der Waals surface area (Å²) in [4.78, 5) is 12.0. The third kappa shape index (κ3) is 3.30. The Bertz CT molecular complexity index is 461. The number of nitrogens with zero attached hydrogens (tertiary/aromatic N) is 1. The molecule has 4 heteroatoms. The van der Waals surface area contributed by atoms with Crippen LogP contribution in [0.15, 0.2) is 18.2 Å². The molecule has 0 saturated heterocycles. The van der Waals surface area contributed by atoms with Gasteiger partial charge in [0.1, 0.15) is 11.7 Å². The third-order valence-corrected chi connectivity index (χ3v) is 3.32. The number of rotatable bonds is 5. The zero-order valence-electron chi connectivity index (χ0n) is 10.4. The minimum Gasteiger partial charge on any atom is -0.298 e. The standard InChI is InChI=1S/C14H15ClFNO/c1-3-9(2)7-13(18)10(8-17)14-11(15)5-4-6-12(14)16/h4-6,9-10H,3,7H2,1-2H3. The first-order valence-electron chi connectivity index (χ1n) is 5.87. The van der Waals surface area contributed by atoms with Crippen molar-refractivity contribution in [1.29, 1.82) is 5.26 Å². The van der Waals surface area contributed by atoms with Gasteiger partial charge in [-0.1, -0.05) is 37.9 Å². The van der Waals surface area contributed by atoms with Crippen molar-refractivity contribution in [3.63, 3.8) is 0 Å². The van der Waals surface area contributed by atoms with E-state index in [9.17, 15) is 9.18 Å². The van der Waals surface area contributed by atoms with Crippen molar-refractivity contribution in [2.45, 2.75) is 32.6 Å². The monoisotopic (exact) mass is 267 g/mol. The second-order valence-electron chi connectivity index (χ2n) is 4.38. The molecule has 2 nitrogen and oxygen atoms in total. The molecule has 0 aliphatic carbocycles. The molecule has 0 amide bonds. The summed E-state index contributed by atoms with van der Waals surface area (Å²) in [5.74, 6) is -1.82. The SMILES string of the molecule is CCC(C)CC(=O)C(C#N)c1c(F)cccc1Cl. The Morgan fingerprint density at radius 3 is 2.72 bits per heavy atom. The predicted molar refractivity (Wildman–Crippen MR) is 68.8 cm³/mol. The Balaban J connectivity index is 3.04.